The fourth-order valence-electron chi connectivity index (χ4n) is 1.11. The van der Waals surface area contributed by atoms with Gasteiger partial charge in [0.05, 0.1) is 12.7 Å². The van der Waals surface area contributed by atoms with Crippen molar-refractivity contribution < 1.29 is 20.1 Å². The van der Waals surface area contributed by atoms with Gasteiger partial charge in [0, 0.05) is 6.61 Å². The minimum Gasteiger partial charge on any atom is -0.457 e. The fourth-order valence-corrected chi connectivity index (χ4v) is 1.11. The molecule has 0 aliphatic carbocycles. The predicted molar refractivity (Wildman–Crippen MR) is 84.5 cm³/mol. The minimum absolute atomic E-state index is 0.139. The lowest BCUT2D eigenvalue weighted by molar-refractivity contribution is 0.110. The van der Waals surface area contributed by atoms with Crippen molar-refractivity contribution in [1.82, 2.24) is 0 Å². The van der Waals surface area contributed by atoms with Gasteiger partial charge < -0.3 is 20.1 Å². The molecule has 1 unspecified atom stereocenters. The molecule has 1 atom stereocenters. The van der Waals surface area contributed by atoms with Gasteiger partial charge >= 0.3 is 0 Å². The van der Waals surface area contributed by atoms with Gasteiger partial charge in [0.2, 0.25) is 0 Å². The molecule has 0 bridgehead atoms. The first-order valence-electron chi connectivity index (χ1n) is 6.81. The van der Waals surface area contributed by atoms with E-state index in [9.17, 15) is 0 Å². The Morgan fingerprint density at radius 3 is 1.38 bits per heavy atom. The summed E-state index contributed by atoms with van der Waals surface area (Å²) in [6, 6.07) is 19.5. The van der Waals surface area contributed by atoms with Crippen molar-refractivity contribution in [2.45, 2.75) is 20.0 Å². The normalized spacial score (nSPS) is 10.3. The lowest BCUT2D eigenvalue weighted by atomic mass is 10.3. The number of ether oxygens (including phenoxy) is 1. The summed E-state index contributed by atoms with van der Waals surface area (Å²) in [6.07, 6.45) is -0.560. The van der Waals surface area contributed by atoms with Crippen molar-refractivity contribution in [3.63, 3.8) is 0 Å². The predicted octanol–water partition coefficient (Wildman–Crippen LogP) is 2.84. The lowest BCUT2D eigenvalue weighted by Crippen LogP contribution is -2.03. The molecule has 2 rings (SSSR count). The average molecular weight is 292 g/mol. The Bertz CT molecular complexity index is 392. The van der Waals surface area contributed by atoms with Gasteiger partial charge in [-0.3, -0.25) is 0 Å². The van der Waals surface area contributed by atoms with Crippen molar-refractivity contribution in [1.29, 1.82) is 0 Å². The van der Waals surface area contributed by atoms with E-state index in [4.69, 9.17) is 20.1 Å². The molecular formula is C17H24O4. The van der Waals surface area contributed by atoms with Crippen LogP contribution < -0.4 is 4.74 Å². The van der Waals surface area contributed by atoms with Gasteiger partial charge in [-0.15, -0.1) is 0 Å². The minimum atomic E-state index is -0.560. The third-order valence-electron chi connectivity index (χ3n) is 1.99. The van der Waals surface area contributed by atoms with Crippen LogP contribution in [0.2, 0.25) is 0 Å². The van der Waals surface area contributed by atoms with Crippen LogP contribution in [0, 0.1) is 0 Å². The molecule has 0 fully saturated rings. The Kier molecular flexibility index (Phi) is 11.9. The van der Waals surface area contributed by atoms with E-state index in [0.29, 0.717) is 0 Å². The maximum Gasteiger partial charge on any atom is 0.127 e. The molecule has 2 aromatic carbocycles. The first kappa shape index (κ1) is 19.1. The second kappa shape index (κ2) is 13.1. The molecule has 0 aliphatic rings. The molecule has 2 aromatic rings. The highest BCUT2D eigenvalue weighted by molar-refractivity contribution is 5.30. The van der Waals surface area contributed by atoms with E-state index >= 15 is 0 Å². The Morgan fingerprint density at radius 1 is 0.857 bits per heavy atom. The summed E-state index contributed by atoms with van der Waals surface area (Å²) in [5, 5.41) is 23.6. The number of rotatable bonds is 3. The molecule has 0 amide bonds. The Morgan fingerprint density at radius 2 is 1.14 bits per heavy atom. The Balaban J connectivity index is 0.000000422. The van der Waals surface area contributed by atoms with Crippen molar-refractivity contribution in [2.24, 2.45) is 0 Å². The van der Waals surface area contributed by atoms with Crippen LogP contribution in [-0.4, -0.2) is 34.6 Å². The van der Waals surface area contributed by atoms with Gasteiger partial charge in [-0.05, 0) is 38.1 Å². The lowest BCUT2D eigenvalue weighted by Gasteiger charge is -2.03. The molecule has 4 heteroatoms. The van der Waals surface area contributed by atoms with Crippen molar-refractivity contribution in [3.8, 4) is 11.5 Å². The number of para-hydroxylation sites is 2. The Hall–Kier alpha value is -1.88. The van der Waals surface area contributed by atoms with Gasteiger partial charge in [0.1, 0.15) is 11.5 Å². The van der Waals surface area contributed by atoms with Crippen LogP contribution in [0.1, 0.15) is 13.8 Å². The van der Waals surface area contributed by atoms with Crippen LogP contribution in [0.3, 0.4) is 0 Å². The molecule has 0 aliphatic heterocycles. The zero-order chi connectivity index (χ0) is 15.9. The summed E-state index contributed by atoms with van der Waals surface area (Å²) in [4.78, 5) is 0. The van der Waals surface area contributed by atoms with Crippen molar-refractivity contribution in [3.05, 3.63) is 60.7 Å². The van der Waals surface area contributed by atoms with Gasteiger partial charge in [-0.2, -0.15) is 0 Å². The number of aliphatic hydroxyl groups excluding tert-OH is 3. The number of benzene rings is 2. The van der Waals surface area contributed by atoms with E-state index in [1.807, 2.05) is 60.7 Å². The molecule has 0 radical (unpaired) electrons. The molecule has 0 saturated carbocycles. The van der Waals surface area contributed by atoms with Crippen LogP contribution in [0.25, 0.3) is 0 Å². The largest absolute Gasteiger partial charge is 0.457 e. The third-order valence-corrected chi connectivity index (χ3v) is 1.99. The highest BCUT2D eigenvalue weighted by Crippen LogP contribution is 2.19. The van der Waals surface area contributed by atoms with E-state index in [0.717, 1.165) is 11.5 Å². The molecule has 21 heavy (non-hydrogen) atoms. The third kappa shape index (κ3) is 11.6. The summed E-state index contributed by atoms with van der Waals surface area (Å²) in [7, 11) is 0. The number of aliphatic hydroxyl groups is 3. The van der Waals surface area contributed by atoms with Crippen molar-refractivity contribution in [2.75, 3.05) is 13.2 Å². The van der Waals surface area contributed by atoms with Gasteiger partial charge in [0.25, 0.3) is 0 Å². The molecule has 3 N–H and O–H groups in total. The van der Waals surface area contributed by atoms with E-state index in [1.165, 1.54) is 6.92 Å². The quantitative estimate of drug-likeness (QED) is 0.813. The second-order valence-electron chi connectivity index (χ2n) is 4.08. The molecule has 4 nitrogen and oxygen atoms in total. The standard InChI is InChI=1S/C12H10O.C3H8O2.C2H6O/c1-3-7-11(8-4-1)13-12-9-5-2-6-10-12;1-3(5)2-4;1-2-3/h1-10H;3-5H,2H2,1H3;3H,2H2,1H3. The highest BCUT2D eigenvalue weighted by Gasteiger charge is 1.92. The number of hydrogen-bond donors (Lipinski definition) is 3. The molecule has 0 saturated heterocycles. The highest BCUT2D eigenvalue weighted by atomic mass is 16.5. The summed E-state index contributed by atoms with van der Waals surface area (Å²) in [6.45, 7) is 3.32. The second-order valence-corrected chi connectivity index (χ2v) is 4.08. The molecule has 0 heterocycles. The summed E-state index contributed by atoms with van der Waals surface area (Å²) in [5.74, 6) is 1.74. The number of hydrogen-bond acceptors (Lipinski definition) is 4. The first-order valence-corrected chi connectivity index (χ1v) is 6.81. The van der Waals surface area contributed by atoms with E-state index in [-0.39, 0.29) is 13.2 Å². The van der Waals surface area contributed by atoms with Crippen LogP contribution >= 0.6 is 0 Å². The van der Waals surface area contributed by atoms with Crippen LogP contribution in [0.4, 0.5) is 0 Å². The zero-order valence-electron chi connectivity index (χ0n) is 12.5. The maximum absolute atomic E-state index is 8.11. The van der Waals surface area contributed by atoms with Crippen LogP contribution in [-0.2, 0) is 0 Å². The van der Waals surface area contributed by atoms with E-state index in [2.05, 4.69) is 0 Å². The van der Waals surface area contributed by atoms with Crippen LogP contribution in [0.15, 0.2) is 60.7 Å². The van der Waals surface area contributed by atoms with Gasteiger partial charge in [-0.25, -0.2) is 0 Å². The summed E-state index contributed by atoms with van der Waals surface area (Å²) < 4.78 is 5.58. The summed E-state index contributed by atoms with van der Waals surface area (Å²) in [5.41, 5.74) is 0. The van der Waals surface area contributed by atoms with E-state index in [1.54, 1.807) is 6.92 Å². The molecule has 0 spiro atoms. The van der Waals surface area contributed by atoms with E-state index < -0.39 is 6.10 Å². The molecule has 116 valence electrons. The van der Waals surface area contributed by atoms with Crippen LogP contribution in [0.5, 0.6) is 11.5 Å². The summed E-state index contributed by atoms with van der Waals surface area (Å²) >= 11 is 0. The van der Waals surface area contributed by atoms with Gasteiger partial charge in [-0.1, -0.05) is 36.4 Å². The Labute approximate surface area is 126 Å². The van der Waals surface area contributed by atoms with Crippen molar-refractivity contribution >= 4 is 0 Å². The average Bonchev–Trinajstić information content (AvgIpc) is 2.51. The first-order chi connectivity index (χ1) is 10.1. The molecular weight excluding hydrogens is 268 g/mol. The fraction of sp³-hybridized carbons (Fsp3) is 0.294. The van der Waals surface area contributed by atoms with Gasteiger partial charge in [0.15, 0.2) is 0 Å². The smallest absolute Gasteiger partial charge is 0.127 e. The molecule has 0 aromatic heterocycles. The topological polar surface area (TPSA) is 69.9 Å². The maximum atomic E-state index is 8.11. The monoisotopic (exact) mass is 292 g/mol. The SMILES string of the molecule is CC(O)CO.CCO.c1ccc(Oc2ccccc2)cc1. The zero-order valence-corrected chi connectivity index (χ0v) is 12.5.